The molecular formula is C18H23FN2OS. The zero-order chi connectivity index (χ0) is 17.2. The Balaban J connectivity index is 2.29. The maximum atomic E-state index is 13.2. The van der Waals surface area contributed by atoms with Crippen molar-refractivity contribution in [1.82, 2.24) is 10.3 Å². The van der Waals surface area contributed by atoms with Crippen LogP contribution in [0.5, 0.6) is 0 Å². The fraction of sp³-hybridized carbons (Fsp3) is 0.444. The SMILES string of the molecule is CCc1nc(C)c(C(=O)NC(c2ccc(F)cc2)C(C)(C)C)s1. The van der Waals surface area contributed by atoms with E-state index in [0.717, 1.165) is 22.7 Å². The summed E-state index contributed by atoms with van der Waals surface area (Å²) in [7, 11) is 0. The van der Waals surface area contributed by atoms with E-state index in [2.05, 4.69) is 31.1 Å². The fourth-order valence-electron chi connectivity index (χ4n) is 2.47. The summed E-state index contributed by atoms with van der Waals surface area (Å²) in [5, 5.41) is 4.06. The van der Waals surface area contributed by atoms with Crippen molar-refractivity contribution >= 4 is 17.2 Å². The van der Waals surface area contributed by atoms with E-state index in [1.165, 1.54) is 23.5 Å². The first-order chi connectivity index (χ1) is 10.7. The number of thiazole rings is 1. The molecule has 1 heterocycles. The first-order valence-electron chi connectivity index (χ1n) is 7.75. The Morgan fingerprint density at radius 1 is 1.30 bits per heavy atom. The number of hydrogen-bond donors (Lipinski definition) is 1. The average molecular weight is 334 g/mol. The van der Waals surface area contributed by atoms with Gasteiger partial charge in [0.25, 0.3) is 5.91 Å². The van der Waals surface area contributed by atoms with Gasteiger partial charge in [0.05, 0.1) is 16.7 Å². The highest BCUT2D eigenvalue weighted by atomic mass is 32.1. The highest BCUT2D eigenvalue weighted by Gasteiger charge is 2.29. The van der Waals surface area contributed by atoms with Gasteiger partial charge in [-0.3, -0.25) is 4.79 Å². The predicted octanol–water partition coefficient (Wildman–Crippen LogP) is 4.67. The predicted molar refractivity (Wildman–Crippen MR) is 92.3 cm³/mol. The molecule has 2 rings (SSSR count). The maximum Gasteiger partial charge on any atom is 0.263 e. The molecule has 0 spiro atoms. The second kappa shape index (κ2) is 6.79. The lowest BCUT2D eigenvalue weighted by Crippen LogP contribution is -2.36. The van der Waals surface area contributed by atoms with Crippen LogP contribution in [-0.4, -0.2) is 10.9 Å². The molecule has 1 unspecified atom stereocenters. The zero-order valence-corrected chi connectivity index (χ0v) is 15.1. The molecule has 0 bridgehead atoms. The minimum absolute atomic E-state index is 0.121. The van der Waals surface area contributed by atoms with E-state index in [9.17, 15) is 9.18 Å². The molecule has 0 aliphatic heterocycles. The number of amides is 1. The van der Waals surface area contributed by atoms with Crippen molar-refractivity contribution in [2.75, 3.05) is 0 Å². The number of carbonyl (C=O) groups excluding carboxylic acids is 1. The number of nitrogens with one attached hydrogen (secondary N) is 1. The van der Waals surface area contributed by atoms with Gasteiger partial charge in [-0.2, -0.15) is 0 Å². The lowest BCUT2D eigenvalue weighted by molar-refractivity contribution is 0.0905. The third-order valence-corrected chi connectivity index (χ3v) is 4.99. The molecule has 1 N–H and O–H groups in total. The van der Waals surface area contributed by atoms with Crippen LogP contribution in [0, 0.1) is 18.2 Å². The van der Waals surface area contributed by atoms with E-state index in [0.29, 0.717) is 4.88 Å². The van der Waals surface area contributed by atoms with Gasteiger partial charge in [-0.15, -0.1) is 11.3 Å². The molecule has 0 aliphatic carbocycles. The van der Waals surface area contributed by atoms with Crippen LogP contribution in [0.2, 0.25) is 0 Å². The van der Waals surface area contributed by atoms with Gasteiger partial charge < -0.3 is 5.32 Å². The van der Waals surface area contributed by atoms with Gasteiger partial charge in [0.15, 0.2) is 0 Å². The highest BCUT2D eigenvalue weighted by molar-refractivity contribution is 7.13. The van der Waals surface area contributed by atoms with E-state index < -0.39 is 0 Å². The normalized spacial score (nSPS) is 13.0. The van der Waals surface area contributed by atoms with Crippen LogP contribution in [-0.2, 0) is 6.42 Å². The molecule has 3 nitrogen and oxygen atoms in total. The summed E-state index contributed by atoms with van der Waals surface area (Å²) < 4.78 is 13.2. The monoisotopic (exact) mass is 334 g/mol. The molecule has 1 aromatic carbocycles. The Labute approximate surface area is 141 Å². The summed E-state index contributed by atoms with van der Waals surface area (Å²) >= 11 is 1.43. The molecule has 2 aromatic rings. The first kappa shape index (κ1) is 17.6. The quantitative estimate of drug-likeness (QED) is 0.883. The van der Waals surface area contributed by atoms with Gasteiger partial charge in [-0.05, 0) is 36.5 Å². The Hall–Kier alpha value is -1.75. The molecule has 5 heteroatoms. The molecule has 1 amide bonds. The molecule has 0 fully saturated rings. The zero-order valence-electron chi connectivity index (χ0n) is 14.2. The number of aryl methyl sites for hydroxylation is 2. The maximum absolute atomic E-state index is 13.2. The van der Waals surface area contributed by atoms with Gasteiger partial charge in [0.1, 0.15) is 10.7 Å². The number of nitrogens with zero attached hydrogens (tertiary/aromatic N) is 1. The van der Waals surface area contributed by atoms with Crippen molar-refractivity contribution in [3.05, 3.63) is 51.2 Å². The van der Waals surface area contributed by atoms with E-state index in [-0.39, 0.29) is 23.2 Å². The highest BCUT2D eigenvalue weighted by Crippen LogP contribution is 2.33. The third-order valence-electron chi connectivity index (χ3n) is 3.69. The van der Waals surface area contributed by atoms with E-state index in [1.54, 1.807) is 12.1 Å². The average Bonchev–Trinajstić information content (AvgIpc) is 2.86. The number of benzene rings is 1. The summed E-state index contributed by atoms with van der Waals surface area (Å²) in [6.07, 6.45) is 0.819. The molecule has 1 atom stereocenters. The minimum atomic E-state index is -0.279. The standard InChI is InChI=1S/C18H23FN2OS/c1-6-14-20-11(2)15(23-14)17(22)21-16(18(3,4)5)12-7-9-13(19)10-8-12/h7-10,16H,6H2,1-5H3,(H,21,22). The Bertz CT molecular complexity index is 686. The molecule has 23 heavy (non-hydrogen) atoms. The van der Waals surface area contributed by atoms with Crippen molar-refractivity contribution in [1.29, 1.82) is 0 Å². The van der Waals surface area contributed by atoms with Crippen LogP contribution in [0.1, 0.15) is 59.7 Å². The molecule has 0 saturated heterocycles. The second-order valence-electron chi connectivity index (χ2n) is 6.70. The van der Waals surface area contributed by atoms with Crippen molar-refractivity contribution < 1.29 is 9.18 Å². The number of aromatic nitrogens is 1. The van der Waals surface area contributed by atoms with Crippen LogP contribution < -0.4 is 5.32 Å². The minimum Gasteiger partial charge on any atom is -0.344 e. The van der Waals surface area contributed by atoms with Crippen molar-refractivity contribution in [2.45, 2.75) is 47.1 Å². The van der Waals surface area contributed by atoms with Crippen LogP contribution in [0.4, 0.5) is 4.39 Å². The Morgan fingerprint density at radius 3 is 2.39 bits per heavy atom. The number of hydrogen-bond acceptors (Lipinski definition) is 3. The fourth-order valence-corrected chi connectivity index (χ4v) is 3.37. The van der Waals surface area contributed by atoms with E-state index in [1.807, 2.05) is 13.8 Å². The lowest BCUT2D eigenvalue weighted by atomic mass is 9.82. The molecule has 0 aliphatic rings. The van der Waals surface area contributed by atoms with Gasteiger partial charge in [0.2, 0.25) is 0 Å². The van der Waals surface area contributed by atoms with Gasteiger partial charge in [-0.25, -0.2) is 9.37 Å². The van der Waals surface area contributed by atoms with E-state index >= 15 is 0 Å². The number of halogens is 1. The van der Waals surface area contributed by atoms with Crippen molar-refractivity contribution in [3.63, 3.8) is 0 Å². The lowest BCUT2D eigenvalue weighted by Gasteiger charge is -2.32. The van der Waals surface area contributed by atoms with Gasteiger partial charge >= 0.3 is 0 Å². The summed E-state index contributed by atoms with van der Waals surface area (Å²) in [5.41, 5.74) is 1.46. The first-order valence-corrected chi connectivity index (χ1v) is 8.56. The summed E-state index contributed by atoms with van der Waals surface area (Å²) in [4.78, 5) is 17.7. The largest absolute Gasteiger partial charge is 0.344 e. The number of rotatable bonds is 4. The Morgan fingerprint density at radius 2 is 1.91 bits per heavy atom. The summed E-state index contributed by atoms with van der Waals surface area (Å²) in [5.74, 6) is -0.400. The number of carbonyl (C=O) groups is 1. The van der Waals surface area contributed by atoms with Gasteiger partial charge in [0, 0.05) is 0 Å². The van der Waals surface area contributed by atoms with Crippen LogP contribution in [0.25, 0.3) is 0 Å². The third kappa shape index (κ3) is 4.16. The molecular weight excluding hydrogens is 311 g/mol. The topological polar surface area (TPSA) is 42.0 Å². The second-order valence-corrected chi connectivity index (χ2v) is 7.78. The smallest absolute Gasteiger partial charge is 0.263 e. The van der Waals surface area contributed by atoms with Crippen molar-refractivity contribution in [3.8, 4) is 0 Å². The molecule has 0 radical (unpaired) electrons. The Kier molecular flexibility index (Phi) is 5.19. The molecule has 124 valence electrons. The summed E-state index contributed by atoms with van der Waals surface area (Å²) in [6.45, 7) is 10.0. The van der Waals surface area contributed by atoms with Crippen LogP contribution in [0.15, 0.2) is 24.3 Å². The molecule has 0 saturated carbocycles. The molecule has 1 aromatic heterocycles. The van der Waals surface area contributed by atoms with Crippen LogP contribution >= 0.6 is 11.3 Å². The van der Waals surface area contributed by atoms with Crippen molar-refractivity contribution in [2.24, 2.45) is 5.41 Å². The van der Waals surface area contributed by atoms with Crippen LogP contribution in [0.3, 0.4) is 0 Å². The summed E-state index contributed by atoms with van der Waals surface area (Å²) in [6, 6.07) is 6.09. The van der Waals surface area contributed by atoms with Gasteiger partial charge in [-0.1, -0.05) is 39.8 Å². The van der Waals surface area contributed by atoms with E-state index in [4.69, 9.17) is 0 Å².